The minimum Gasteiger partial charge on any atom is -0.292 e. The lowest BCUT2D eigenvalue weighted by molar-refractivity contribution is -0.00679. The van der Waals surface area contributed by atoms with Crippen LogP contribution >= 0.6 is 58.0 Å². The van der Waals surface area contributed by atoms with Crippen molar-refractivity contribution in [3.05, 3.63) is 102 Å². The number of carbonyl (C=O) groups is 4. The molecule has 35 heavy (non-hydrogen) atoms. The van der Waals surface area contributed by atoms with E-state index in [9.17, 15) is 19.2 Å². The molecule has 0 N–H and O–H groups in total. The molecular formula is C24H13Cl5N2O4. The van der Waals surface area contributed by atoms with E-state index >= 15 is 0 Å². The summed E-state index contributed by atoms with van der Waals surface area (Å²) < 4.78 is 0. The Labute approximate surface area is 224 Å². The Kier molecular flexibility index (Phi) is 7.13. The summed E-state index contributed by atoms with van der Waals surface area (Å²) in [6.07, 6.45) is 0. The maximum atomic E-state index is 13.7. The number of nitrogens with zero attached hydrogens (tertiary/aromatic N) is 2. The van der Waals surface area contributed by atoms with Crippen LogP contribution in [0.3, 0.4) is 0 Å². The second kappa shape index (κ2) is 9.80. The SMILES string of the molecule is C[C@@H](C(=O)c1ccccc1)N(C(=O)c1ccccc1Cl)N1C(=O)c2c(Cl)c(Cl)c(Cl)c(Cl)c2C1=O. The van der Waals surface area contributed by atoms with Crippen molar-refractivity contribution in [3.63, 3.8) is 0 Å². The monoisotopic (exact) mass is 568 g/mol. The molecule has 11 heteroatoms. The highest BCUT2D eigenvalue weighted by Gasteiger charge is 2.48. The predicted octanol–water partition coefficient (Wildman–Crippen LogP) is 6.88. The van der Waals surface area contributed by atoms with E-state index in [-0.39, 0.29) is 47.4 Å². The van der Waals surface area contributed by atoms with Crippen LogP contribution < -0.4 is 0 Å². The average molecular weight is 571 g/mol. The second-order valence-electron chi connectivity index (χ2n) is 7.46. The number of benzene rings is 3. The van der Waals surface area contributed by atoms with Gasteiger partial charge in [0.1, 0.15) is 6.04 Å². The van der Waals surface area contributed by atoms with Crippen LogP contribution in [0, 0.1) is 0 Å². The van der Waals surface area contributed by atoms with E-state index in [0.29, 0.717) is 5.01 Å². The van der Waals surface area contributed by atoms with Crippen molar-refractivity contribution in [2.45, 2.75) is 13.0 Å². The molecule has 178 valence electrons. The summed E-state index contributed by atoms with van der Waals surface area (Å²) in [5, 5.41) is 0.269. The van der Waals surface area contributed by atoms with Crippen LogP contribution in [-0.4, -0.2) is 39.6 Å². The van der Waals surface area contributed by atoms with Gasteiger partial charge >= 0.3 is 0 Å². The lowest BCUT2D eigenvalue weighted by Crippen LogP contribution is -2.56. The van der Waals surface area contributed by atoms with Gasteiger partial charge < -0.3 is 0 Å². The topological polar surface area (TPSA) is 74.8 Å². The van der Waals surface area contributed by atoms with Gasteiger partial charge in [-0.05, 0) is 19.1 Å². The molecule has 4 rings (SSSR count). The molecule has 1 aliphatic heterocycles. The highest BCUT2D eigenvalue weighted by Crippen LogP contribution is 2.45. The number of rotatable bonds is 5. The number of hydrazine groups is 1. The minimum absolute atomic E-state index is 0.0355. The van der Waals surface area contributed by atoms with Gasteiger partial charge in [-0.25, -0.2) is 5.01 Å². The van der Waals surface area contributed by atoms with Crippen molar-refractivity contribution >= 4 is 81.5 Å². The quantitative estimate of drug-likeness (QED) is 0.145. The summed E-state index contributed by atoms with van der Waals surface area (Å²) in [5.41, 5.74) is -0.429. The number of imide groups is 1. The predicted molar refractivity (Wildman–Crippen MR) is 135 cm³/mol. The highest BCUT2D eigenvalue weighted by molar-refractivity contribution is 6.55. The molecule has 1 atom stereocenters. The fraction of sp³-hybridized carbons (Fsp3) is 0.0833. The van der Waals surface area contributed by atoms with E-state index in [4.69, 9.17) is 58.0 Å². The van der Waals surface area contributed by atoms with Gasteiger partial charge in [-0.1, -0.05) is 100 Å². The zero-order chi connectivity index (χ0) is 25.6. The minimum atomic E-state index is -1.31. The molecule has 3 aromatic carbocycles. The third-order valence-corrected chi connectivity index (χ3v) is 7.54. The maximum absolute atomic E-state index is 13.7. The highest BCUT2D eigenvalue weighted by atomic mass is 35.5. The molecule has 0 saturated heterocycles. The molecule has 0 spiro atoms. The van der Waals surface area contributed by atoms with Crippen LogP contribution in [0.2, 0.25) is 25.1 Å². The van der Waals surface area contributed by atoms with Gasteiger partial charge in [-0.15, -0.1) is 0 Å². The van der Waals surface area contributed by atoms with Gasteiger partial charge in [0.25, 0.3) is 17.7 Å². The largest absolute Gasteiger partial charge is 0.292 e. The first kappa shape index (κ1) is 25.5. The van der Waals surface area contributed by atoms with Gasteiger partial charge in [-0.3, -0.25) is 19.2 Å². The zero-order valence-corrected chi connectivity index (χ0v) is 21.5. The number of hydrogen-bond acceptors (Lipinski definition) is 4. The molecule has 0 bridgehead atoms. The summed E-state index contributed by atoms with van der Waals surface area (Å²) in [6.45, 7) is 1.39. The van der Waals surface area contributed by atoms with E-state index in [0.717, 1.165) is 5.01 Å². The summed E-state index contributed by atoms with van der Waals surface area (Å²) in [5.74, 6) is -3.39. The Morgan fingerprint density at radius 3 is 1.74 bits per heavy atom. The van der Waals surface area contributed by atoms with Crippen molar-refractivity contribution in [1.29, 1.82) is 0 Å². The third-order valence-electron chi connectivity index (χ3n) is 5.41. The molecule has 0 fully saturated rings. The molecular weight excluding hydrogens is 558 g/mol. The first-order valence-electron chi connectivity index (χ1n) is 9.99. The number of hydrogen-bond donors (Lipinski definition) is 0. The summed E-state index contributed by atoms with van der Waals surface area (Å²) in [6, 6.07) is 12.8. The number of amides is 3. The van der Waals surface area contributed by atoms with E-state index in [1.54, 1.807) is 42.5 Å². The average Bonchev–Trinajstić information content (AvgIpc) is 3.12. The second-order valence-corrected chi connectivity index (χ2v) is 9.38. The van der Waals surface area contributed by atoms with Crippen LogP contribution in [0.25, 0.3) is 0 Å². The van der Waals surface area contributed by atoms with Crippen molar-refractivity contribution < 1.29 is 19.2 Å². The number of fused-ring (bicyclic) bond motifs is 1. The lowest BCUT2D eigenvalue weighted by atomic mass is 10.0. The first-order valence-corrected chi connectivity index (χ1v) is 11.9. The maximum Gasteiger partial charge on any atom is 0.282 e. The number of ketones is 1. The molecule has 0 radical (unpaired) electrons. The molecule has 0 aliphatic carbocycles. The van der Waals surface area contributed by atoms with Crippen LogP contribution in [0.4, 0.5) is 0 Å². The van der Waals surface area contributed by atoms with Crippen molar-refractivity contribution in [1.82, 2.24) is 10.0 Å². The van der Waals surface area contributed by atoms with Crippen molar-refractivity contribution in [2.24, 2.45) is 0 Å². The fourth-order valence-electron chi connectivity index (χ4n) is 3.69. The van der Waals surface area contributed by atoms with Crippen LogP contribution in [0.15, 0.2) is 54.6 Å². The molecule has 0 saturated carbocycles. The van der Waals surface area contributed by atoms with E-state index in [1.807, 2.05) is 0 Å². The first-order chi connectivity index (χ1) is 16.6. The number of carbonyl (C=O) groups excluding carboxylic acids is 4. The summed E-state index contributed by atoms with van der Waals surface area (Å²) in [4.78, 5) is 54.0. The van der Waals surface area contributed by atoms with Gasteiger partial charge in [0.05, 0.1) is 41.8 Å². The number of Topliss-reactive ketones (excluding diaryl/α,β-unsaturated/α-hetero) is 1. The third kappa shape index (κ3) is 4.20. The Bertz CT molecular complexity index is 1360. The lowest BCUT2D eigenvalue weighted by Gasteiger charge is -2.34. The summed E-state index contributed by atoms with van der Waals surface area (Å²) >= 11 is 30.9. The van der Waals surface area contributed by atoms with Crippen molar-refractivity contribution in [3.8, 4) is 0 Å². The molecule has 1 heterocycles. The zero-order valence-electron chi connectivity index (χ0n) is 17.7. The normalized spacial score (nSPS) is 13.6. The standard InChI is InChI=1S/C24H13Cl5N2O4/c1-11(21(32)12-7-3-2-4-8-12)30(22(33)13-9-5-6-10-14(13)25)31-23(34)15-16(24(31)35)18(27)20(29)19(28)17(15)26/h2-11H,1H3/t11-/m0/s1. The van der Waals surface area contributed by atoms with E-state index in [1.165, 1.54) is 19.1 Å². The van der Waals surface area contributed by atoms with Gasteiger partial charge in [0.15, 0.2) is 5.78 Å². The molecule has 3 aromatic rings. The van der Waals surface area contributed by atoms with Crippen LogP contribution in [0.5, 0.6) is 0 Å². The Hall–Kier alpha value is -2.61. The van der Waals surface area contributed by atoms with E-state index < -0.39 is 29.5 Å². The molecule has 3 amide bonds. The van der Waals surface area contributed by atoms with Gasteiger partial charge in [-0.2, -0.15) is 5.01 Å². The molecule has 0 unspecified atom stereocenters. The fourth-order valence-corrected chi connectivity index (χ4v) is 4.92. The van der Waals surface area contributed by atoms with Crippen LogP contribution in [0.1, 0.15) is 48.4 Å². The molecule has 1 aliphatic rings. The molecule has 6 nitrogen and oxygen atoms in total. The molecule has 0 aromatic heterocycles. The van der Waals surface area contributed by atoms with Gasteiger partial charge in [0.2, 0.25) is 0 Å². The Morgan fingerprint density at radius 1 is 0.743 bits per heavy atom. The number of halogens is 5. The Balaban J connectivity index is 1.89. The van der Waals surface area contributed by atoms with Gasteiger partial charge in [0, 0.05) is 5.56 Å². The summed E-state index contributed by atoms with van der Waals surface area (Å²) in [7, 11) is 0. The van der Waals surface area contributed by atoms with Crippen molar-refractivity contribution in [2.75, 3.05) is 0 Å². The smallest absolute Gasteiger partial charge is 0.282 e. The Morgan fingerprint density at radius 2 is 1.23 bits per heavy atom. The van der Waals surface area contributed by atoms with Crippen LogP contribution in [-0.2, 0) is 0 Å². The van der Waals surface area contributed by atoms with E-state index in [2.05, 4.69) is 0 Å².